The molecule has 4 nitrogen and oxygen atoms in total. The van der Waals surface area contributed by atoms with Gasteiger partial charge >= 0.3 is 0 Å². The molecular weight excluding hydrogens is 336 g/mol. The molecule has 1 amide bonds. The standard InChI is InChI=1S/C20H30N2O2.ClH/c1-14(2)12-16-4-6-17(7-5-16)19(23)18-8-10-22(11-9-18)20(24)15(3)13-21;/h4-7,14-15,18H,8-13,21H2,1-3H3;1H. The third-order valence-corrected chi connectivity index (χ3v) is 4.83. The first-order chi connectivity index (χ1) is 11.4. The Bertz CT molecular complexity index is 564. The molecular formula is C20H31ClN2O2. The van der Waals surface area contributed by atoms with Crippen molar-refractivity contribution in [1.29, 1.82) is 0 Å². The molecule has 1 heterocycles. The molecule has 0 spiro atoms. The van der Waals surface area contributed by atoms with Gasteiger partial charge in [0.2, 0.25) is 5.91 Å². The molecule has 5 heteroatoms. The molecule has 1 unspecified atom stereocenters. The van der Waals surface area contributed by atoms with Crippen LogP contribution in [0.25, 0.3) is 0 Å². The number of nitrogens with zero attached hydrogens (tertiary/aromatic N) is 1. The van der Waals surface area contributed by atoms with Gasteiger partial charge in [0.05, 0.1) is 0 Å². The van der Waals surface area contributed by atoms with Crippen molar-refractivity contribution in [3.05, 3.63) is 35.4 Å². The summed E-state index contributed by atoms with van der Waals surface area (Å²) in [5.74, 6) is 0.833. The number of nitrogens with two attached hydrogens (primary N) is 1. The first-order valence-electron chi connectivity index (χ1n) is 9.04. The van der Waals surface area contributed by atoms with Gasteiger partial charge in [-0.2, -0.15) is 0 Å². The van der Waals surface area contributed by atoms with Crippen LogP contribution < -0.4 is 5.73 Å². The number of carbonyl (C=O) groups is 2. The fraction of sp³-hybridized carbons (Fsp3) is 0.600. The number of piperidine rings is 1. The predicted molar refractivity (Wildman–Crippen MR) is 104 cm³/mol. The summed E-state index contributed by atoms with van der Waals surface area (Å²) in [5.41, 5.74) is 7.64. The molecule has 1 aliphatic heterocycles. The molecule has 25 heavy (non-hydrogen) atoms. The molecule has 1 aromatic carbocycles. The summed E-state index contributed by atoms with van der Waals surface area (Å²) < 4.78 is 0. The third-order valence-electron chi connectivity index (χ3n) is 4.83. The van der Waals surface area contributed by atoms with Gasteiger partial charge in [0.15, 0.2) is 5.78 Å². The molecule has 0 bridgehead atoms. The van der Waals surface area contributed by atoms with E-state index < -0.39 is 0 Å². The maximum Gasteiger partial charge on any atom is 0.226 e. The fourth-order valence-corrected chi connectivity index (χ4v) is 3.29. The van der Waals surface area contributed by atoms with Crippen LogP contribution >= 0.6 is 12.4 Å². The fourth-order valence-electron chi connectivity index (χ4n) is 3.29. The van der Waals surface area contributed by atoms with E-state index in [0.717, 1.165) is 24.8 Å². The highest BCUT2D eigenvalue weighted by molar-refractivity contribution is 5.98. The molecule has 1 aromatic rings. The van der Waals surface area contributed by atoms with Crippen molar-refractivity contribution in [1.82, 2.24) is 4.90 Å². The molecule has 1 saturated heterocycles. The summed E-state index contributed by atoms with van der Waals surface area (Å²) in [5, 5.41) is 0. The zero-order valence-electron chi connectivity index (χ0n) is 15.5. The third kappa shape index (κ3) is 5.82. The molecule has 1 atom stereocenters. The van der Waals surface area contributed by atoms with Crippen molar-refractivity contribution >= 4 is 24.1 Å². The Hall–Kier alpha value is -1.39. The van der Waals surface area contributed by atoms with Crippen LogP contribution in [0.1, 0.15) is 49.5 Å². The van der Waals surface area contributed by atoms with Crippen LogP contribution in [0.5, 0.6) is 0 Å². The number of ketones is 1. The quantitative estimate of drug-likeness (QED) is 0.785. The van der Waals surface area contributed by atoms with Crippen molar-refractivity contribution in [2.45, 2.75) is 40.0 Å². The Kier molecular flexibility index (Phi) is 8.60. The number of Topliss-reactive ketones (excluding diaryl/α,β-unsaturated/α-hetero) is 1. The summed E-state index contributed by atoms with van der Waals surface area (Å²) in [7, 11) is 0. The van der Waals surface area contributed by atoms with Crippen LogP contribution in [-0.2, 0) is 11.2 Å². The molecule has 0 aliphatic carbocycles. The normalized spacial score (nSPS) is 16.4. The van der Waals surface area contributed by atoms with Crippen molar-refractivity contribution in [2.24, 2.45) is 23.5 Å². The Morgan fingerprint density at radius 3 is 2.16 bits per heavy atom. The van der Waals surface area contributed by atoms with Crippen LogP contribution in [0.4, 0.5) is 0 Å². The van der Waals surface area contributed by atoms with E-state index >= 15 is 0 Å². The number of hydrogen-bond acceptors (Lipinski definition) is 3. The minimum absolute atomic E-state index is 0. The van der Waals surface area contributed by atoms with E-state index in [9.17, 15) is 9.59 Å². The van der Waals surface area contributed by atoms with Gasteiger partial charge in [-0.25, -0.2) is 0 Å². The highest BCUT2D eigenvalue weighted by atomic mass is 35.5. The van der Waals surface area contributed by atoms with E-state index in [1.54, 1.807) is 0 Å². The summed E-state index contributed by atoms with van der Waals surface area (Å²) in [6.45, 7) is 7.94. The van der Waals surface area contributed by atoms with Gasteiger partial charge in [-0.05, 0) is 30.7 Å². The zero-order chi connectivity index (χ0) is 17.7. The maximum absolute atomic E-state index is 12.7. The average Bonchev–Trinajstić information content (AvgIpc) is 2.60. The number of halogens is 1. The van der Waals surface area contributed by atoms with E-state index in [2.05, 4.69) is 26.0 Å². The number of amides is 1. The topological polar surface area (TPSA) is 63.4 Å². The van der Waals surface area contributed by atoms with Crippen LogP contribution in [-0.4, -0.2) is 36.2 Å². The Morgan fingerprint density at radius 1 is 1.12 bits per heavy atom. The minimum Gasteiger partial charge on any atom is -0.342 e. The van der Waals surface area contributed by atoms with E-state index in [1.807, 2.05) is 24.0 Å². The van der Waals surface area contributed by atoms with Gasteiger partial charge < -0.3 is 10.6 Å². The van der Waals surface area contributed by atoms with E-state index in [1.165, 1.54) is 5.56 Å². The van der Waals surface area contributed by atoms with Gasteiger partial charge in [-0.1, -0.05) is 45.0 Å². The predicted octanol–water partition coefficient (Wildman–Crippen LogP) is 3.32. The van der Waals surface area contributed by atoms with Crippen molar-refractivity contribution in [3.8, 4) is 0 Å². The first-order valence-corrected chi connectivity index (χ1v) is 9.04. The Balaban J connectivity index is 0.00000312. The van der Waals surface area contributed by atoms with E-state index in [4.69, 9.17) is 5.73 Å². The van der Waals surface area contributed by atoms with Gasteiger partial charge in [0.25, 0.3) is 0 Å². The zero-order valence-corrected chi connectivity index (χ0v) is 16.3. The van der Waals surface area contributed by atoms with Gasteiger partial charge in [0.1, 0.15) is 0 Å². The lowest BCUT2D eigenvalue weighted by Crippen LogP contribution is -2.44. The smallest absolute Gasteiger partial charge is 0.226 e. The molecule has 1 fully saturated rings. The average molecular weight is 367 g/mol. The lowest BCUT2D eigenvalue weighted by Gasteiger charge is -2.32. The highest BCUT2D eigenvalue weighted by Crippen LogP contribution is 2.23. The summed E-state index contributed by atoms with van der Waals surface area (Å²) in [6.07, 6.45) is 2.53. The van der Waals surface area contributed by atoms with E-state index in [0.29, 0.717) is 25.6 Å². The molecule has 2 N–H and O–H groups in total. The Labute approximate surface area is 157 Å². The lowest BCUT2D eigenvalue weighted by molar-refractivity contribution is -0.135. The van der Waals surface area contributed by atoms with Crippen LogP contribution in [0, 0.1) is 17.8 Å². The molecule has 1 aliphatic rings. The first kappa shape index (κ1) is 21.7. The van der Waals surface area contributed by atoms with Crippen molar-refractivity contribution < 1.29 is 9.59 Å². The number of benzene rings is 1. The number of rotatable bonds is 6. The van der Waals surface area contributed by atoms with Gasteiger partial charge in [-0.3, -0.25) is 9.59 Å². The summed E-state index contributed by atoms with van der Waals surface area (Å²) in [4.78, 5) is 26.7. The number of hydrogen-bond donors (Lipinski definition) is 1. The molecule has 140 valence electrons. The summed E-state index contributed by atoms with van der Waals surface area (Å²) in [6, 6.07) is 8.03. The second-order valence-corrected chi connectivity index (χ2v) is 7.40. The van der Waals surface area contributed by atoms with E-state index in [-0.39, 0.29) is 35.9 Å². The molecule has 0 radical (unpaired) electrons. The highest BCUT2D eigenvalue weighted by Gasteiger charge is 2.29. The second-order valence-electron chi connectivity index (χ2n) is 7.40. The largest absolute Gasteiger partial charge is 0.342 e. The maximum atomic E-state index is 12.7. The van der Waals surface area contributed by atoms with Crippen LogP contribution in [0.2, 0.25) is 0 Å². The van der Waals surface area contributed by atoms with Crippen LogP contribution in [0.3, 0.4) is 0 Å². The van der Waals surface area contributed by atoms with Crippen molar-refractivity contribution in [2.75, 3.05) is 19.6 Å². The molecule has 0 saturated carbocycles. The monoisotopic (exact) mass is 366 g/mol. The van der Waals surface area contributed by atoms with Gasteiger partial charge in [0, 0.05) is 37.0 Å². The Morgan fingerprint density at radius 2 is 1.68 bits per heavy atom. The number of carbonyl (C=O) groups excluding carboxylic acids is 2. The number of likely N-dealkylation sites (tertiary alicyclic amines) is 1. The SMILES string of the molecule is CC(C)Cc1ccc(C(=O)C2CCN(C(=O)C(C)CN)CC2)cc1.Cl. The molecule has 2 rings (SSSR count). The minimum atomic E-state index is -0.134. The summed E-state index contributed by atoms with van der Waals surface area (Å²) >= 11 is 0. The lowest BCUT2D eigenvalue weighted by atomic mass is 9.88. The second kappa shape index (κ2) is 9.93. The molecule has 0 aromatic heterocycles. The van der Waals surface area contributed by atoms with Crippen molar-refractivity contribution in [3.63, 3.8) is 0 Å². The van der Waals surface area contributed by atoms with Crippen LogP contribution in [0.15, 0.2) is 24.3 Å². The van der Waals surface area contributed by atoms with Gasteiger partial charge in [-0.15, -0.1) is 12.4 Å².